The second-order valence-corrected chi connectivity index (χ2v) is 6.50. The molecule has 0 amide bonds. The van der Waals surface area contributed by atoms with Crippen LogP contribution in [-0.2, 0) is 10.0 Å². The van der Waals surface area contributed by atoms with Crippen LogP contribution < -0.4 is 5.32 Å². The molecule has 0 rings (SSSR count). The van der Waals surface area contributed by atoms with E-state index in [4.69, 9.17) is 0 Å². The first-order valence-corrected chi connectivity index (χ1v) is 8.03. The van der Waals surface area contributed by atoms with Crippen molar-refractivity contribution in [1.82, 2.24) is 14.5 Å². The first kappa shape index (κ1) is 16.8. The number of rotatable bonds is 10. The highest BCUT2D eigenvalue weighted by molar-refractivity contribution is 7.88. The summed E-state index contributed by atoms with van der Waals surface area (Å²) < 4.78 is 24.1. The molecule has 0 aromatic carbocycles. The molecule has 0 saturated heterocycles. The van der Waals surface area contributed by atoms with E-state index in [1.165, 1.54) is 10.6 Å². The SMILES string of the molecule is CCN(CCCNCCCN(C)C)S(C)(=O)=O. The maximum Gasteiger partial charge on any atom is 0.211 e. The van der Waals surface area contributed by atoms with Gasteiger partial charge in [0.1, 0.15) is 0 Å². The molecule has 17 heavy (non-hydrogen) atoms. The fourth-order valence-electron chi connectivity index (χ4n) is 1.58. The van der Waals surface area contributed by atoms with Crippen molar-refractivity contribution in [3.05, 3.63) is 0 Å². The van der Waals surface area contributed by atoms with Gasteiger partial charge in [0.15, 0.2) is 0 Å². The Balaban J connectivity index is 3.51. The van der Waals surface area contributed by atoms with Crippen LogP contribution >= 0.6 is 0 Å². The fraction of sp³-hybridized carbons (Fsp3) is 1.00. The third kappa shape index (κ3) is 9.52. The Hall–Kier alpha value is -0.170. The second-order valence-electron chi connectivity index (χ2n) is 4.52. The molecular weight excluding hydrogens is 238 g/mol. The molecule has 0 aliphatic carbocycles. The van der Waals surface area contributed by atoms with Crippen LogP contribution in [0.1, 0.15) is 19.8 Å². The summed E-state index contributed by atoms with van der Waals surface area (Å²) in [6.07, 6.45) is 3.25. The molecule has 0 aromatic heterocycles. The standard InChI is InChI=1S/C11H27N3O2S/c1-5-14(17(4,15)16)11-7-9-12-8-6-10-13(2)3/h12H,5-11H2,1-4H3. The number of hydrogen-bond acceptors (Lipinski definition) is 4. The van der Waals surface area contributed by atoms with Crippen LogP contribution in [0.25, 0.3) is 0 Å². The van der Waals surface area contributed by atoms with Crippen molar-refractivity contribution in [2.24, 2.45) is 0 Å². The first-order valence-electron chi connectivity index (χ1n) is 6.18. The van der Waals surface area contributed by atoms with E-state index in [1.807, 2.05) is 6.92 Å². The van der Waals surface area contributed by atoms with Crippen LogP contribution in [0.2, 0.25) is 0 Å². The van der Waals surface area contributed by atoms with Crippen molar-refractivity contribution in [2.75, 3.05) is 53.1 Å². The number of nitrogens with one attached hydrogen (secondary N) is 1. The van der Waals surface area contributed by atoms with Gasteiger partial charge in [0, 0.05) is 13.1 Å². The molecule has 0 unspecified atom stereocenters. The van der Waals surface area contributed by atoms with Gasteiger partial charge in [-0.15, -0.1) is 0 Å². The summed E-state index contributed by atoms with van der Waals surface area (Å²) in [5, 5.41) is 3.32. The highest BCUT2D eigenvalue weighted by atomic mass is 32.2. The Morgan fingerprint density at radius 1 is 1.06 bits per heavy atom. The predicted octanol–water partition coefficient (Wildman–Crippen LogP) is 0.199. The van der Waals surface area contributed by atoms with Crippen LogP contribution in [0.15, 0.2) is 0 Å². The van der Waals surface area contributed by atoms with E-state index < -0.39 is 10.0 Å². The minimum absolute atomic E-state index is 0.555. The number of nitrogens with zero attached hydrogens (tertiary/aromatic N) is 2. The normalized spacial score (nSPS) is 12.6. The van der Waals surface area contributed by atoms with E-state index in [0.717, 1.165) is 32.5 Å². The lowest BCUT2D eigenvalue weighted by molar-refractivity contribution is 0.389. The molecular formula is C11H27N3O2S. The maximum absolute atomic E-state index is 11.3. The van der Waals surface area contributed by atoms with Gasteiger partial charge in [-0.05, 0) is 46.6 Å². The van der Waals surface area contributed by atoms with Crippen LogP contribution in [0.4, 0.5) is 0 Å². The lowest BCUT2D eigenvalue weighted by Crippen LogP contribution is -2.32. The van der Waals surface area contributed by atoms with Gasteiger partial charge in [0.2, 0.25) is 10.0 Å². The average Bonchev–Trinajstić information content (AvgIpc) is 2.19. The minimum atomic E-state index is -3.02. The summed E-state index contributed by atoms with van der Waals surface area (Å²) >= 11 is 0. The quantitative estimate of drug-likeness (QED) is 0.573. The number of hydrogen-bond donors (Lipinski definition) is 1. The van der Waals surface area contributed by atoms with E-state index in [-0.39, 0.29) is 0 Å². The van der Waals surface area contributed by atoms with Crippen molar-refractivity contribution < 1.29 is 8.42 Å². The monoisotopic (exact) mass is 265 g/mol. The Labute approximate surface area is 106 Å². The zero-order valence-corrected chi connectivity index (χ0v) is 12.4. The van der Waals surface area contributed by atoms with Crippen molar-refractivity contribution >= 4 is 10.0 Å². The lowest BCUT2D eigenvalue weighted by Gasteiger charge is -2.17. The Kier molecular flexibility index (Phi) is 8.77. The van der Waals surface area contributed by atoms with Crippen molar-refractivity contribution in [3.63, 3.8) is 0 Å². The Morgan fingerprint density at radius 2 is 1.59 bits per heavy atom. The topological polar surface area (TPSA) is 52.6 Å². The van der Waals surface area contributed by atoms with Crippen LogP contribution in [0.5, 0.6) is 0 Å². The zero-order valence-electron chi connectivity index (χ0n) is 11.6. The van der Waals surface area contributed by atoms with Gasteiger partial charge in [0.25, 0.3) is 0 Å². The van der Waals surface area contributed by atoms with Gasteiger partial charge in [-0.3, -0.25) is 0 Å². The molecule has 0 aromatic rings. The first-order chi connectivity index (χ1) is 7.88. The Morgan fingerprint density at radius 3 is 2.00 bits per heavy atom. The van der Waals surface area contributed by atoms with E-state index in [9.17, 15) is 8.42 Å². The molecule has 104 valence electrons. The van der Waals surface area contributed by atoms with Gasteiger partial charge in [-0.25, -0.2) is 12.7 Å². The summed E-state index contributed by atoms with van der Waals surface area (Å²) in [4.78, 5) is 2.16. The van der Waals surface area contributed by atoms with E-state index >= 15 is 0 Å². The van der Waals surface area contributed by atoms with E-state index in [1.54, 1.807) is 0 Å². The van der Waals surface area contributed by atoms with Gasteiger partial charge < -0.3 is 10.2 Å². The molecule has 0 bridgehead atoms. The van der Waals surface area contributed by atoms with Crippen molar-refractivity contribution in [1.29, 1.82) is 0 Å². The Bertz CT molecular complexity index is 278. The smallest absolute Gasteiger partial charge is 0.211 e. The summed E-state index contributed by atoms with van der Waals surface area (Å²) in [7, 11) is 1.10. The summed E-state index contributed by atoms with van der Waals surface area (Å²) in [5.41, 5.74) is 0. The molecule has 5 nitrogen and oxygen atoms in total. The van der Waals surface area contributed by atoms with Crippen LogP contribution in [0.3, 0.4) is 0 Å². The minimum Gasteiger partial charge on any atom is -0.317 e. The second kappa shape index (κ2) is 8.85. The average molecular weight is 265 g/mol. The molecule has 0 spiro atoms. The third-order valence-electron chi connectivity index (χ3n) is 2.54. The fourth-order valence-corrected chi connectivity index (χ4v) is 2.51. The summed E-state index contributed by atoms with van der Waals surface area (Å²) in [5.74, 6) is 0. The van der Waals surface area contributed by atoms with E-state index in [0.29, 0.717) is 13.1 Å². The largest absolute Gasteiger partial charge is 0.317 e. The molecule has 1 N–H and O–H groups in total. The van der Waals surface area contributed by atoms with Gasteiger partial charge in [-0.2, -0.15) is 0 Å². The van der Waals surface area contributed by atoms with Crippen molar-refractivity contribution in [2.45, 2.75) is 19.8 Å². The summed E-state index contributed by atoms with van der Waals surface area (Å²) in [6, 6.07) is 0. The third-order valence-corrected chi connectivity index (χ3v) is 3.92. The lowest BCUT2D eigenvalue weighted by atomic mass is 10.3. The molecule has 0 aliphatic rings. The molecule has 0 aliphatic heterocycles. The predicted molar refractivity (Wildman–Crippen MR) is 72.7 cm³/mol. The highest BCUT2D eigenvalue weighted by Crippen LogP contribution is 1.98. The molecule has 0 atom stereocenters. The van der Waals surface area contributed by atoms with Crippen LogP contribution in [-0.4, -0.2) is 70.7 Å². The van der Waals surface area contributed by atoms with Gasteiger partial charge in [-0.1, -0.05) is 6.92 Å². The highest BCUT2D eigenvalue weighted by Gasteiger charge is 2.12. The molecule has 0 fully saturated rings. The number of sulfonamides is 1. The van der Waals surface area contributed by atoms with Gasteiger partial charge >= 0.3 is 0 Å². The molecule has 0 saturated carbocycles. The van der Waals surface area contributed by atoms with Crippen molar-refractivity contribution in [3.8, 4) is 0 Å². The molecule has 6 heteroatoms. The molecule has 0 radical (unpaired) electrons. The molecule has 0 heterocycles. The van der Waals surface area contributed by atoms with Gasteiger partial charge in [0.05, 0.1) is 6.26 Å². The van der Waals surface area contributed by atoms with E-state index in [2.05, 4.69) is 24.3 Å². The maximum atomic E-state index is 11.3. The summed E-state index contributed by atoms with van der Waals surface area (Å²) in [6.45, 7) is 5.97. The van der Waals surface area contributed by atoms with Crippen LogP contribution in [0, 0.1) is 0 Å². The zero-order chi connectivity index (χ0) is 13.3.